The largest absolute Gasteiger partial charge is 0.444 e. The maximum absolute atomic E-state index is 12.3. The van der Waals surface area contributed by atoms with Crippen LogP contribution in [0.1, 0.15) is 51.2 Å². The van der Waals surface area contributed by atoms with E-state index < -0.39 is 28.9 Å². The Balaban J connectivity index is 2.60. The SMILES string of the molecule is CC(C)(C)OC(=O)NCC(=O)c1nnc(C(C)(C)SCCF)o1. The van der Waals surface area contributed by atoms with Crippen LogP contribution in [0.5, 0.6) is 0 Å². The number of amides is 1. The molecule has 0 atom stereocenters. The van der Waals surface area contributed by atoms with E-state index in [2.05, 4.69) is 15.5 Å². The first kappa shape index (κ1) is 19.4. The Hall–Kier alpha value is -1.64. The van der Waals surface area contributed by atoms with Gasteiger partial charge < -0.3 is 14.5 Å². The van der Waals surface area contributed by atoms with E-state index in [0.717, 1.165) is 0 Å². The van der Waals surface area contributed by atoms with Crippen LogP contribution in [0.3, 0.4) is 0 Å². The molecule has 1 aromatic rings. The summed E-state index contributed by atoms with van der Waals surface area (Å²) in [4.78, 5) is 23.4. The second kappa shape index (κ2) is 7.76. The predicted octanol–water partition coefficient (Wildman–Crippen LogP) is 2.71. The molecule has 0 unspecified atom stereocenters. The second-order valence-corrected chi connectivity index (χ2v) is 7.96. The molecule has 1 N–H and O–H groups in total. The summed E-state index contributed by atoms with van der Waals surface area (Å²) >= 11 is 1.31. The van der Waals surface area contributed by atoms with E-state index in [1.807, 2.05) is 0 Å². The zero-order valence-corrected chi connectivity index (χ0v) is 14.8. The number of carbonyl (C=O) groups is 2. The molecule has 0 aromatic carbocycles. The van der Waals surface area contributed by atoms with Crippen molar-refractivity contribution in [3.63, 3.8) is 0 Å². The number of alkyl carbamates (subject to hydrolysis) is 1. The number of thioether (sulfide) groups is 1. The van der Waals surface area contributed by atoms with E-state index in [0.29, 0.717) is 5.75 Å². The Morgan fingerprint density at radius 3 is 2.48 bits per heavy atom. The number of Topliss-reactive ketones (excluding diaryl/α,β-unsaturated/α-hetero) is 1. The normalized spacial score (nSPS) is 12.1. The molecule has 0 spiro atoms. The van der Waals surface area contributed by atoms with E-state index in [1.54, 1.807) is 34.6 Å². The number of alkyl halides is 1. The van der Waals surface area contributed by atoms with Crippen LogP contribution in [0.2, 0.25) is 0 Å². The summed E-state index contributed by atoms with van der Waals surface area (Å²) in [5.41, 5.74) is -0.650. The van der Waals surface area contributed by atoms with Crippen LogP contribution >= 0.6 is 11.8 Å². The predicted molar refractivity (Wildman–Crippen MR) is 84.3 cm³/mol. The summed E-state index contributed by atoms with van der Waals surface area (Å²) in [5, 5.41) is 9.83. The van der Waals surface area contributed by atoms with Gasteiger partial charge in [0.25, 0.3) is 5.89 Å². The third-order valence-electron chi connectivity index (χ3n) is 2.51. The molecule has 1 amide bonds. The van der Waals surface area contributed by atoms with Gasteiger partial charge in [-0.3, -0.25) is 9.18 Å². The Morgan fingerprint density at radius 2 is 1.91 bits per heavy atom. The van der Waals surface area contributed by atoms with Crippen molar-refractivity contribution in [2.75, 3.05) is 19.0 Å². The number of aromatic nitrogens is 2. The molecular formula is C14H22FN3O4S. The minimum Gasteiger partial charge on any atom is -0.444 e. The van der Waals surface area contributed by atoms with Crippen LogP contribution in [-0.2, 0) is 9.48 Å². The molecule has 0 bridgehead atoms. The van der Waals surface area contributed by atoms with Crippen molar-refractivity contribution in [3.05, 3.63) is 11.8 Å². The molecular weight excluding hydrogens is 325 g/mol. The van der Waals surface area contributed by atoms with Gasteiger partial charge in [-0.2, -0.15) is 0 Å². The number of halogens is 1. The molecule has 0 aliphatic rings. The van der Waals surface area contributed by atoms with E-state index in [4.69, 9.17) is 9.15 Å². The fourth-order valence-corrected chi connectivity index (χ4v) is 2.27. The van der Waals surface area contributed by atoms with Crippen LogP contribution in [-0.4, -0.2) is 46.6 Å². The Bertz CT molecular complexity index is 554. The minimum absolute atomic E-state index is 0.204. The van der Waals surface area contributed by atoms with Crippen molar-refractivity contribution >= 4 is 23.6 Å². The monoisotopic (exact) mass is 347 g/mol. The first-order chi connectivity index (χ1) is 10.5. The Kier molecular flexibility index (Phi) is 6.55. The van der Waals surface area contributed by atoms with Gasteiger partial charge in [-0.25, -0.2) is 4.79 Å². The van der Waals surface area contributed by atoms with E-state index in [-0.39, 0.29) is 18.3 Å². The maximum atomic E-state index is 12.3. The highest BCUT2D eigenvalue weighted by Gasteiger charge is 2.29. The lowest BCUT2D eigenvalue weighted by atomic mass is 10.2. The lowest BCUT2D eigenvalue weighted by Gasteiger charge is -2.19. The molecule has 9 heteroatoms. The third kappa shape index (κ3) is 6.55. The van der Waals surface area contributed by atoms with Crippen LogP contribution in [0.25, 0.3) is 0 Å². The molecule has 0 fully saturated rings. The van der Waals surface area contributed by atoms with Crippen molar-refractivity contribution in [1.29, 1.82) is 0 Å². The summed E-state index contributed by atoms with van der Waals surface area (Å²) in [6, 6.07) is 0. The van der Waals surface area contributed by atoms with Crippen molar-refractivity contribution in [3.8, 4) is 0 Å². The Morgan fingerprint density at radius 1 is 1.26 bits per heavy atom. The van der Waals surface area contributed by atoms with Gasteiger partial charge in [0.1, 0.15) is 5.60 Å². The first-order valence-corrected chi connectivity index (χ1v) is 8.07. The molecule has 0 saturated carbocycles. The quantitative estimate of drug-likeness (QED) is 0.758. The minimum atomic E-state index is -0.704. The van der Waals surface area contributed by atoms with E-state index in [9.17, 15) is 14.0 Å². The van der Waals surface area contributed by atoms with Gasteiger partial charge in [-0.05, 0) is 34.6 Å². The number of nitrogens with zero attached hydrogens (tertiary/aromatic N) is 2. The maximum Gasteiger partial charge on any atom is 0.408 e. The van der Waals surface area contributed by atoms with Gasteiger partial charge in [0.05, 0.1) is 18.0 Å². The first-order valence-electron chi connectivity index (χ1n) is 7.09. The van der Waals surface area contributed by atoms with E-state index in [1.165, 1.54) is 11.8 Å². The summed E-state index contributed by atoms with van der Waals surface area (Å²) < 4.78 is 22.0. The van der Waals surface area contributed by atoms with Crippen molar-refractivity contribution in [1.82, 2.24) is 15.5 Å². The molecule has 0 radical (unpaired) electrons. The van der Waals surface area contributed by atoms with Crippen LogP contribution in [0.15, 0.2) is 4.42 Å². The highest BCUT2D eigenvalue weighted by molar-refractivity contribution is 8.00. The molecule has 1 aromatic heterocycles. The van der Waals surface area contributed by atoms with Gasteiger partial charge in [-0.1, -0.05) is 0 Å². The van der Waals surface area contributed by atoms with Crippen LogP contribution in [0, 0.1) is 0 Å². The number of nitrogens with one attached hydrogen (secondary N) is 1. The van der Waals surface area contributed by atoms with Crippen LogP contribution in [0.4, 0.5) is 9.18 Å². The molecule has 7 nitrogen and oxygen atoms in total. The molecule has 0 aliphatic carbocycles. The molecule has 0 saturated heterocycles. The standard InChI is InChI=1S/C14H22FN3O4S/c1-13(2,3)22-12(20)16-8-9(19)10-17-18-11(21-10)14(4,5)23-7-6-15/h6-8H2,1-5H3,(H,16,20). The zero-order valence-electron chi connectivity index (χ0n) is 13.9. The third-order valence-corrected chi connectivity index (χ3v) is 3.77. The van der Waals surface area contributed by atoms with Gasteiger partial charge in [0, 0.05) is 5.75 Å². The number of ether oxygens (including phenoxy) is 1. The average molecular weight is 347 g/mol. The lowest BCUT2D eigenvalue weighted by Crippen LogP contribution is -2.35. The second-order valence-electron chi connectivity index (χ2n) is 6.24. The highest BCUT2D eigenvalue weighted by Crippen LogP contribution is 2.34. The zero-order chi connectivity index (χ0) is 17.7. The molecule has 0 aliphatic heterocycles. The molecule has 1 heterocycles. The van der Waals surface area contributed by atoms with Crippen LogP contribution < -0.4 is 5.32 Å². The van der Waals surface area contributed by atoms with Crippen molar-refractivity contribution < 1.29 is 23.1 Å². The number of ketones is 1. The van der Waals surface area contributed by atoms with Gasteiger partial charge in [-0.15, -0.1) is 22.0 Å². The number of hydrogen-bond acceptors (Lipinski definition) is 7. The number of hydrogen-bond donors (Lipinski definition) is 1. The average Bonchev–Trinajstić information content (AvgIpc) is 2.91. The summed E-state index contributed by atoms with van der Waals surface area (Å²) in [6.07, 6.45) is -0.704. The van der Waals surface area contributed by atoms with Gasteiger partial charge in [0.15, 0.2) is 0 Å². The fraction of sp³-hybridized carbons (Fsp3) is 0.714. The Labute approximate surface area is 138 Å². The topological polar surface area (TPSA) is 94.3 Å². The number of carbonyl (C=O) groups excluding carboxylic acids is 2. The van der Waals surface area contributed by atoms with E-state index >= 15 is 0 Å². The number of rotatable bonds is 7. The summed E-state index contributed by atoms with van der Waals surface area (Å²) in [7, 11) is 0. The van der Waals surface area contributed by atoms with Gasteiger partial charge in [0.2, 0.25) is 11.7 Å². The lowest BCUT2D eigenvalue weighted by molar-refractivity contribution is 0.0518. The molecule has 1 rings (SSSR count). The summed E-state index contributed by atoms with van der Waals surface area (Å²) in [5.74, 6) is -0.207. The molecule has 130 valence electrons. The van der Waals surface area contributed by atoms with Crippen molar-refractivity contribution in [2.45, 2.75) is 45.0 Å². The fourth-order valence-electron chi connectivity index (χ4n) is 1.48. The molecule has 23 heavy (non-hydrogen) atoms. The van der Waals surface area contributed by atoms with Crippen molar-refractivity contribution in [2.24, 2.45) is 0 Å². The smallest absolute Gasteiger partial charge is 0.408 e. The highest BCUT2D eigenvalue weighted by atomic mass is 32.2. The van der Waals surface area contributed by atoms with Gasteiger partial charge >= 0.3 is 6.09 Å². The summed E-state index contributed by atoms with van der Waals surface area (Å²) in [6.45, 7) is 7.98.